The van der Waals surface area contributed by atoms with Gasteiger partial charge in [0.2, 0.25) is 5.69 Å². The van der Waals surface area contributed by atoms with E-state index in [4.69, 9.17) is 11.3 Å². The molecular formula is C20H27FN4O2. The standard InChI is InChI=1S/C20H27FN4O2/c1-13-15(6-7-16(21)18(13)22-5)17-12-24-9-8-23-10-14(24)11-25(17)19(26)27-20(2,3)4/h6-7,14,17,23H,8-12H2,1-4H3/t14-,17-/m1/s1. The van der Waals surface area contributed by atoms with Gasteiger partial charge < -0.3 is 10.1 Å². The summed E-state index contributed by atoms with van der Waals surface area (Å²) in [5, 5.41) is 3.37. The number of rotatable bonds is 1. The van der Waals surface area contributed by atoms with E-state index in [9.17, 15) is 9.18 Å². The first-order valence-corrected chi connectivity index (χ1v) is 9.32. The molecule has 2 atom stereocenters. The Morgan fingerprint density at radius 1 is 1.37 bits per heavy atom. The SMILES string of the molecule is [C-]#[N+]c1c(F)ccc([C@H]2CN3CCNC[C@@H]3CN2C(=O)OC(C)(C)C)c1C. The van der Waals surface area contributed by atoms with Gasteiger partial charge >= 0.3 is 6.09 Å². The maximum atomic E-state index is 14.0. The zero-order valence-electron chi connectivity index (χ0n) is 16.4. The van der Waals surface area contributed by atoms with Crippen LogP contribution in [0.15, 0.2) is 12.1 Å². The second kappa shape index (κ2) is 7.45. The van der Waals surface area contributed by atoms with Crippen molar-refractivity contribution >= 4 is 11.8 Å². The van der Waals surface area contributed by atoms with Crippen LogP contribution in [0.3, 0.4) is 0 Å². The molecule has 2 saturated heterocycles. The zero-order valence-corrected chi connectivity index (χ0v) is 16.4. The fraction of sp³-hybridized carbons (Fsp3) is 0.600. The van der Waals surface area contributed by atoms with Crippen LogP contribution >= 0.6 is 0 Å². The lowest BCUT2D eigenvalue weighted by molar-refractivity contribution is -0.0212. The van der Waals surface area contributed by atoms with E-state index < -0.39 is 11.4 Å². The van der Waals surface area contributed by atoms with Crippen molar-refractivity contribution < 1.29 is 13.9 Å². The van der Waals surface area contributed by atoms with Gasteiger partial charge in [-0.1, -0.05) is 6.07 Å². The highest BCUT2D eigenvalue weighted by Crippen LogP contribution is 2.36. The number of ether oxygens (including phenoxy) is 1. The van der Waals surface area contributed by atoms with Gasteiger partial charge in [-0.2, -0.15) is 0 Å². The molecular weight excluding hydrogens is 347 g/mol. The van der Waals surface area contributed by atoms with E-state index in [1.807, 2.05) is 20.8 Å². The number of halogens is 1. The van der Waals surface area contributed by atoms with Crippen LogP contribution in [0.5, 0.6) is 0 Å². The van der Waals surface area contributed by atoms with Crippen molar-refractivity contribution in [1.82, 2.24) is 15.1 Å². The van der Waals surface area contributed by atoms with Crippen molar-refractivity contribution in [2.24, 2.45) is 0 Å². The molecule has 0 bridgehead atoms. The van der Waals surface area contributed by atoms with Gasteiger partial charge in [0, 0.05) is 38.8 Å². The van der Waals surface area contributed by atoms with Crippen molar-refractivity contribution in [3.05, 3.63) is 40.5 Å². The van der Waals surface area contributed by atoms with Crippen molar-refractivity contribution in [1.29, 1.82) is 0 Å². The molecule has 0 unspecified atom stereocenters. The number of hydrogen-bond donors (Lipinski definition) is 1. The van der Waals surface area contributed by atoms with Gasteiger partial charge in [0.15, 0.2) is 0 Å². The molecule has 0 saturated carbocycles. The Hall–Kier alpha value is -2.17. The molecule has 2 heterocycles. The van der Waals surface area contributed by atoms with Gasteiger partial charge in [-0.25, -0.2) is 14.0 Å². The summed E-state index contributed by atoms with van der Waals surface area (Å²) >= 11 is 0. The second-order valence-electron chi connectivity index (χ2n) is 8.22. The maximum absolute atomic E-state index is 14.0. The molecule has 2 aliphatic rings. The highest BCUT2D eigenvalue weighted by Gasteiger charge is 2.40. The van der Waals surface area contributed by atoms with Gasteiger partial charge in [0.25, 0.3) is 0 Å². The van der Waals surface area contributed by atoms with Gasteiger partial charge in [-0.3, -0.25) is 9.80 Å². The van der Waals surface area contributed by atoms with Crippen LogP contribution in [0, 0.1) is 19.3 Å². The molecule has 7 heteroatoms. The number of piperazine rings is 2. The molecule has 6 nitrogen and oxygen atoms in total. The number of amides is 1. The Balaban J connectivity index is 1.98. The van der Waals surface area contributed by atoms with Crippen molar-refractivity contribution in [2.45, 2.75) is 45.4 Å². The normalized spacial score (nSPS) is 23.5. The molecule has 3 rings (SSSR count). The lowest BCUT2D eigenvalue weighted by atomic mass is 9.94. The largest absolute Gasteiger partial charge is 0.444 e. The van der Waals surface area contributed by atoms with Crippen molar-refractivity contribution in [2.75, 3.05) is 32.7 Å². The van der Waals surface area contributed by atoms with E-state index in [2.05, 4.69) is 15.1 Å². The molecule has 0 spiro atoms. The zero-order chi connectivity index (χ0) is 19.8. The van der Waals surface area contributed by atoms with E-state index >= 15 is 0 Å². The molecule has 2 fully saturated rings. The lowest BCUT2D eigenvalue weighted by Gasteiger charge is -2.48. The molecule has 1 N–H and O–H groups in total. The van der Waals surface area contributed by atoms with Crippen LogP contribution in [-0.4, -0.2) is 60.3 Å². The van der Waals surface area contributed by atoms with E-state index in [-0.39, 0.29) is 23.9 Å². The Kier molecular flexibility index (Phi) is 5.41. The summed E-state index contributed by atoms with van der Waals surface area (Å²) in [6, 6.07) is 2.98. The molecule has 0 aliphatic carbocycles. The number of nitrogens with one attached hydrogen (secondary N) is 1. The van der Waals surface area contributed by atoms with Crippen LogP contribution in [0.25, 0.3) is 4.85 Å². The minimum Gasteiger partial charge on any atom is -0.444 e. The Morgan fingerprint density at radius 3 is 2.78 bits per heavy atom. The topological polar surface area (TPSA) is 49.2 Å². The average molecular weight is 374 g/mol. The van der Waals surface area contributed by atoms with Crippen LogP contribution < -0.4 is 5.32 Å². The number of benzene rings is 1. The first-order valence-electron chi connectivity index (χ1n) is 9.32. The summed E-state index contributed by atoms with van der Waals surface area (Å²) in [6.07, 6.45) is -0.370. The van der Waals surface area contributed by atoms with Gasteiger partial charge in [-0.15, -0.1) is 0 Å². The Bertz CT molecular complexity index is 768. The molecule has 1 amide bonds. The number of nitrogens with zero attached hydrogens (tertiary/aromatic N) is 3. The van der Waals surface area contributed by atoms with Crippen molar-refractivity contribution in [3.63, 3.8) is 0 Å². The quantitative estimate of drug-likeness (QED) is 0.767. The van der Waals surface area contributed by atoms with E-state index in [1.165, 1.54) is 6.07 Å². The molecule has 2 aliphatic heterocycles. The number of carbonyl (C=O) groups is 1. The minimum absolute atomic E-state index is 0.0269. The second-order valence-corrected chi connectivity index (χ2v) is 8.22. The summed E-state index contributed by atoms with van der Waals surface area (Å²) < 4.78 is 19.6. The van der Waals surface area contributed by atoms with Gasteiger partial charge in [0.05, 0.1) is 12.6 Å². The van der Waals surface area contributed by atoms with Gasteiger partial charge in [0.1, 0.15) is 11.4 Å². The summed E-state index contributed by atoms with van der Waals surface area (Å²) in [4.78, 5) is 20.4. The minimum atomic E-state index is -0.594. The van der Waals surface area contributed by atoms with Crippen LogP contribution in [0.4, 0.5) is 14.9 Å². The number of carbonyl (C=O) groups excluding carboxylic acids is 1. The van der Waals surface area contributed by atoms with Crippen LogP contribution in [0.2, 0.25) is 0 Å². The molecule has 0 radical (unpaired) electrons. The lowest BCUT2D eigenvalue weighted by Crippen LogP contribution is -2.63. The van der Waals surface area contributed by atoms with Crippen molar-refractivity contribution in [3.8, 4) is 0 Å². The Labute approximate surface area is 160 Å². The smallest absolute Gasteiger partial charge is 0.410 e. The molecule has 146 valence electrons. The molecule has 0 aromatic heterocycles. The fourth-order valence-corrected chi connectivity index (χ4v) is 3.87. The molecule has 1 aromatic carbocycles. The maximum Gasteiger partial charge on any atom is 0.410 e. The summed E-state index contributed by atoms with van der Waals surface area (Å²) in [5.41, 5.74) is 0.838. The predicted molar refractivity (Wildman–Crippen MR) is 101 cm³/mol. The first-order chi connectivity index (χ1) is 12.7. The van der Waals surface area contributed by atoms with Crippen LogP contribution in [-0.2, 0) is 4.74 Å². The molecule has 1 aromatic rings. The molecule has 27 heavy (non-hydrogen) atoms. The Morgan fingerprint density at radius 2 is 2.11 bits per heavy atom. The first kappa shape index (κ1) is 19.6. The number of fused-ring (bicyclic) bond motifs is 1. The third kappa shape index (κ3) is 4.07. The summed E-state index contributed by atoms with van der Waals surface area (Å²) in [6.45, 7) is 18.4. The van der Waals surface area contributed by atoms with E-state index in [0.29, 0.717) is 18.7 Å². The summed E-state index contributed by atoms with van der Waals surface area (Å²) in [5.74, 6) is -0.522. The fourth-order valence-electron chi connectivity index (χ4n) is 3.87. The predicted octanol–water partition coefficient (Wildman–Crippen LogP) is 3.25. The van der Waals surface area contributed by atoms with E-state index in [0.717, 1.165) is 25.2 Å². The highest BCUT2D eigenvalue weighted by atomic mass is 19.1. The average Bonchev–Trinajstić information content (AvgIpc) is 2.60. The monoisotopic (exact) mass is 374 g/mol. The van der Waals surface area contributed by atoms with E-state index in [1.54, 1.807) is 17.9 Å². The third-order valence-corrected chi connectivity index (χ3v) is 5.19. The number of hydrogen-bond acceptors (Lipinski definition) is 4. The summed E-state index contributed by atoms with van der Waals surface area (Å²) in [7, 11) is 0. The third-order valence-electron chi connectivity index (χ3n) is 5.19. The van der Waals surface area contributed by atoms with Gasteiger partial charge in [-0.05, 0) is 44.9 Å². The highest BCUT2D eigenvalue weighted by molar-refractivity contribution is 5.70. The van der Waals surface area contributed by atoms with Crippen LogP contribution in [0.1, 0.15) is 37.9 Å².